The second kappa shape index (κ2) is 6.21. The van der Waals surface area contributed by atoms with E-state index in [1.54, 1.807) is 7.11 Å². The van der Waals surface area contributed by atoms with E-state index in [2.05, 4.69) is 35.3 Å². The molecule has 1 atom stereocenters. The van der Waals surface area contributed by atoms with Gasteiger partial charge in [0.15, 0.2) is 0 Å². The number of anilines is 1. The minimum Gasteiger partial charge on any atom is -0.385 e. The van der Waals surface area contributed by atoms with E-state index >= 15 is 0 Å². The number of hydrogen-bond donors (Lipinski definition) is 1. The highest BCUT2D eigenvalue weighted by Gasteiger charge is 2.19. The molecule has 1 heterocycles. The predicted octanol–water partition coefficient (Wildman–Crippen LogP) is 2.37. The molecule has 1 N–H and O–H groups in total. The molecule has 0 fully saturated rings. The second-order valence-electron chi connectivity index (χ2n) is 4.98. The quantitative estimate of drug-likeness (QED) is 0.782. The Labute approximate surface area is 110 Å². The third-order valence-electron chi connectivity index (χ3n) is 3.80. The maximum Gasteiger partial charge on any atom is 0.0479 e. The van der Waals surface area contributed by atoms with Crippen LogP contribution in [0.4, 0.5) is 5.69 Å². The summed E-state index contributed by atoms with van der Waals surface area (Å²) in [6.07, 6.45) is 2.27. The van der Waals surface area contributed by atoms with Crippen LogP contribution in [-0.2, 0) is 11.2 Å². The van der Waals surface area contributed by atoms with Crippen LogP contribution in [-0.4, -0.2) is 33.9 Å². The van der Waals surface area contributed by atoms with Crippen LogP contribution >= 0.6 is 0 Å². The van der Waals surface area contributed by atoms with Gasteiger partial charge in [-0.1, -0.05) is 12.1 Å². The Morgan fingerprint density at radius 1 is 1.44 bits per heavy atom. The molecule has 0 aliphatic carbocycles. The molecule has 100 valence electrons. The largest absolute Gasteiger partial charge is 0.385 e. The summed E-state index contributed by atoms with van der Waals surface area (Å²) in [6, 6.07) is 7.30. The van der Waals surface area contributed by atoms with Crippen LogP contribution in [0.15, 0.2) is 18.2 Å². The molecule has 0 saturated heterocycles. The highest BCUT2D eigenvalue weighted by molar-refractivity contribution is 5.59. The number of fused-ring (bicyclic) bond motifs is 1. The Bertz CT molecular complexity index is 392. The zero-order valence-corrected chi connectivity index (χ0v) is 11.7. The molecule has 1 aliphatic rings. The third-order valence-corrected chi connectivity index (χ3v) is 3.80. The van der Waals surface area contributed by atoms with E-state index in [0.717, 1.165) is 26.1 Å². The van der Waals surface area contributed by atoms with Crippen molar-refractivity contribution in [3.8, 4) is 0 Å². The van der Waals surface area contributed by atoms with Crippen molar-refractivity contribution in [3.05, 3.63) is 29.3 Å². The lowest BCUT2D eigenvalue weighted by Gasteiger charge is -2.20. The predicted molar refractivity (Wildman–Crippen MR) is 76.3 cm³/mol. The molecule has 0 amide bonds. The summed E-state index contributed by atoms with van der Waals surface area (Å²) >= 11 is 0. The molecule has 18 heavy (non-hydrogen) atoms. The van der Waals surface area contributed by atoms with Crippen LogP contribution in [0.5, 0.6) is 0 Å². The molecule has 0 bridgehead atoms. The third kappa shape index (κ3) is 2.85. The van der Waals surface area contributed by atoms with Gasteiger partial charge in [-0.3, -0.25) is 0 Å². The van der Waals surface area contributed by atoms with Gasteiger partial charge in [-0.2, -0.15) is 0 Å². The first-order valence-corrected chi connectivity index (χ1v) is 6.80. The summed E-state index contributed by atoms with van der Waals surface area (Å²) in [4.78, 5) is 2.47. The molecule has 1 aliphatic heterocycles. The van der Waals surface area contributed by atoms with Crippen LogP contribution in [0.2, 0.25) is 0 Å². The summed E-state index contributed by atoms with van der Waals surface area (Å²) in [5, 5.41) is 3.30. The lowest BCUT2D eigenvalue weighted by molar-refractivity contribution is 0.196. The fraction of sp³-hybridized carbons (Fsp3) is 0.600. The maximum atomic E-state index is 5.12. The van der Waals surface area contributed by atoms with Crippen molar-refractivity contribution < 1.29 is 4.74 Å². The highest BCUT2D eigenvalue weighted by atomic mass is 16.5. The number of ether oxygens (including phenoxy) is 1. The number of nitrogens with one attached hydrogen (secondary N) is 1. The topological polar surface area (TPSA) is 24.5 Å². The van der Waals surface area contributed by atoms with Crippen LogP contribution in [0.25, 0.3) is 0 Å². The van der Waals surface area contributed by atoms with E-state index in [9.17, 15) is 0 Å². The van der Waals surface area contributed by atoms with Crippen molar-refractivity contribution in [2.45, 2.75) is 25.8 Å². The average Bonchev–Trinajstić information content (AvgIpc) is 2.80. The average molecular weight is 248 g/mol. The standard InChI is InChI=1S/C15H24N2O/c1-12(16-2)13-5-6-15-14(11-13)7-9-17(15)8-4-10-18-3/h5-6,11-12,16H,4,7-10H2,1-3H3. The van der Waals surface area contributed by atoms with E-state index in [4.69, 9.17) is 4.74 Å². The zero-order chi connectivity index (χ0) is 13.0. The van der Waals surface area contributed by atoms with Gasteiger partial charge in [0.2, 0.25) is 0 Å². The van der Waals surface area contributed by atoms with Crippen LogP contribution < -0.4 is 10.2 Å². The minimum absolute atomic E-state index is 0.429. The molecule has 0 saturated carbocycles. The monoisotopic (exact) mass is 248 g/mol. The van der Waals surface area contributed by atoms with Crippen molar-refractivity contribution in [2.75, 3.05) is 38.8 Å². The van der Waals surface area contributed by atoms with Gasteiger partial charge in [0, 0.05) is 38.5 Å². The van der Waals surface area contributed by atoms with Crippen molar-refractivity contribution in [1.29, 1.82) is 0 Å². The van der Waals surface area contributed by atoms with Crippen LogP contribution in [0, 0.1) is 0 Å². The van der Waals surface area contributed by atoms with Gasteiger partial charge in [-0.25, -0.2) is 0 Å². The Balaban J connectivity index is 2.05. The Morgan fingerprint density at radius 2 is 2.28 bits per heavy atom. The first kappa shape index (κ1) is 13.4. The number of hydrogen-bond acceptors (Lipinski definition) is 3. The van der Waals surface area contributed by atoms with Crippen molar-refractivity contribution in [3.63, 3.8) is 0 Å². The van der Waals surface area contributed by atoms with E-state index in [0.29, 0.717) is 6.04 Å². The molecule has 1 unspecified atom stereocenters. The smallest absolute Gasteiger partial charge is 0.0479 e. The van der Waals surface area contributed by atoms with Gasteiger partial charge < -0.3 is 15.0 Å². The summed E-state index contributed by atoms with van der Waals surface area (Å²) in [5.74, 6) is 0. The fourth-order valence-electron chi connectivity index (χ4n) is 2.56. The van der Waals surface area contributed by atoms with Crippen molar-refractivity contribution in [2.24, 2.45) is 0 Å². The fourth-order valence-corrected chi connectivity index (χ4v) is 2.56. The second-order valence-corrected chi connectivity index (χ2v) is 4.98. The van der Waals surface area contributed by atoms with E-state index in [-0.39, 0.29) is 0 Å². The maximum absolute atomic E-state index is 5.12. The molecule has 1 aromatic carbocycles. The van der Waals surface area contributed by atoms with Crippen LogP contribution in [0.3, 0.4) is 0 Å². The van der Waals surface area contributed by atoms with Gasteiger partial charge in [0.1, 0.15) is 0 Å². The van der Waals surface area contributed by atoms with Gasteiger partial charge in [0.25, 0.3) is 0 Å². The summed E-state index contributed by atoms with van der Waals surface area (Å²) in [5.41, 5.74) is 4.29. The number of rotatable bonds is 6. The molecule has 2 rings (SSSR count). The highest BCUT2D eigenvalue weighted by Crippen LogP contribution is 2.30. The number of methoxy groups -OCH3 is 1. The molecule has 0 radical (unpaired) electrons. The minimum atomic E-state index is 0.429. The normalized spacial score (nSPS) is 15.8. The van der Waals surface area contributed by atoms with E-state index < -0.39 is 0 Å². The summed E-state index contributed by atoms with van der Waals surface area (Å²) < 4.78 is 5.12. The summed E-state index contributed by atoms with van der Waals surface area (Å²) in [7, 11) is 3.78. The van der Waals surface area contributed by atoms with Crippen LogP contribution in [0.1, 0.15) is 30.5 Å². The number of benzene rings is 1. The van der Waals surface area contributed by atoms with Gasteiger partial charge >= 0.3 is 0 Å². The SMILES string of the molecule is CNC(C)c1ccc2c(c1)CCN2CCCOC. The van der Waals surface area contributed by atoms with Gasteiger partial charge in [-0.15, -0.1) is 0 Å². The molecule has 1 aromatic rings. The Morgan fingerprint density at radius 3 is 3.00 bits per heavy atom. The number of nitrogens with zero attached hydrogens (tertiary/aromatic N) is 1. The first-order valence-electron chi connectivity index (χ1n) is 6.80. The molecular formula is C15H24N2O. The summed E-state index contributed by atoms with van der Waals surface area (Å²) in [6.45, 7) is 5.30. The van der Waals surface area contributed by atoms with Gasteiger partial charge in [0.05, 0.1) is 0 Å². The molecular weight excluding hydrogens is 224 g/mol. The Kier molecular flexibility index (Phi) is 4.61. The van der Waals surface area contributed by atoms with Crippen molar-refractivity contribution in [1.82, 2.24) is 5.32 Å². The molecule has 0 spiro atoms. The molecule has 0 aromatic heterocycles. The molecule has 3 nitrogen and oxygen atoms in total. The van der Waals surface area contributed by atoms with Crippen molar-refractivity contribution >= 4 is 5.69 Å². The van der Waals surface area contributed by atoms with E-state index in [1.165, 1.54) is 23.2 Å². The van der Waals surface area contributed by atoms with Gasteiger partial charge in [-0.05, 0) is 44.0 Å². The first-order chi connectivity index (χ1) is 8.76. The Hall–Kier alpha value is -1.06. The lowest BCUT2D eigenvalue weighted by Crippen LogP contribution is -2.22. The lowest BCUT2D eigenvalue weighted by atomic mass is 10.0. The van der Waals surface area contributed by atoms with E-state index in [1.807, 2.05) is 7.05 Å². The zero-order valence-electron chi connectivity index (χ0n) is 11.7. The molecule has 3 heteroatoms.